The van der Waals surface area contributed by atoms with Crippen LogP contribution in [0.1, 0.15) is 35.3 Å². The molecule has 42 heavy (non-hydrogen) atoms. The maximum atomic E-state index is 13.4. The molecule has 13 heteroatoms. The quantitative estimate of drug-likeness (QED) is 0.121. The number of amides is 1. The fourth-order valence-electron chi connectivity index (χ4n) is 4.42. The Balaban J connectivity index is 1.67. The van der Waals surface area contributed by atoms with Gasteiger partial charge in [0.25, 0.3) is 11.5 Å². The Morgan fingerprint density at radius 3 is 2.29 bits per heavy atom. The van der Waals surface area contributed by atoms with Crippen molar-refractivity contribution in [3.05, 3.63) is 119 Å². The monoisotopic (exact) mass is 608 g/mol. The first-order valence-corrected chi connectivity index (χ1v) is 13.6. The van der Waals surface area contributed by atoms with Crippen LogP contribution < -0.4 is 16.6 Å². The standard InChI is InChI=1S/C29H26Cl2N6O5/c1-16(2)42-28(40)23(34-26(38)25-21(30)5-4-6-22(25)31)14-17-7-10-19(11-8-17)37-27(39)20-13-18(15-33-35-32)9-12-24(20)36(3)29(37)41/h4-13,16,23H,14-15H2,1-3H3,(H,34,38)/t23-/m0/s1. The molecule has 1 aromatic heterocycles. The van der Waals surface area contributed by atoms with Crippen molar-refractivity contribution in [2.75, 3.05) is 0 Å². The second-order valence-corrected chi connectivity index (χ2v) is 10.5. The number of aryl methyl sites for hydroxylation is 1. The van der Waals surface area contributed by atoms with Crippen molar-refractivity contribution in [2.45, 2.75) is 39.0 Å². The highest BCUT2D eigenvalue weighted by molar-refractivity contribution is 6.39. The fraction of sp³-hybridized carbons (Fsp3) is 0.241. The summed E-state index contributed by atoms with van der Waals surface area (Å²) >= 11 is 12.4. The number of carbonyl (C=O) groups is 2. The molecule has 0 spiro atoms. The van der Waals surface area contributed by atoms with E-state index in [4.69, 9.17) is 33.5 Å². The van der Waals surface area contributed by atoms with Crippen molar-refractivity contribution in [2.24, 2.45) is 12.2 Å². The number of hydrogen-bond donors (Lipinski definition) is 1. The number of rotatable bonds is 9. The number of azide groups is 1. The zero-order valence-corrected chi connectivity index (χ0v) is 24.4. The van der Waals surface area contributed by atoms with Gasteiger partial charge in [0, 0.05) is 18.4 Å². The Bertz CT molecular complexity index is 1820. The van der Waals surface area contributed by atoms with Crippen LogP contribution in [0.15, 0.2) is 75.4 Å². The Labute approximate surface area is 249 Å². The van der Waals surface area contributed by atoms with E-state index < -0.39 is 35.3 Å². The van der Waals surface area contributed by atoms with Gasteiger partial charge in [-0.25, -0.2) is 14.2 Å². The van der Waals surface area contributed by atoms with Gasteiger partial charge in [-0.15, -0.1) is 0 Å². The van der Waals surface area contributed by atoms with E-state index in [9.17, 15) is 19.2 Å². The summed E-state index contributed by atoms with van der Waals surface area (Å²) in [6, 6.07) is 14.9. The molecular weight excluding hydrogens is 583 g/mol. The molecule has 216 valence electrons. The summed E-state index contributed by atoms with van der Waals surface area (Å²) in [7, 11) is 1.56. The normalized spacial score (nSPS) is 11.7. The van der Waals surface area contributed by atoms with Crippen LogP contribution in [0.4, 0.5) is 0 Å². The van der Waals surface area contributed by atoms with Crippen molar-refractivity contribution in [3.63, 3.8) is 0 Å². The van der Waals surface area contributed by atoms with Crippen LogP contribution in [-0.2, 0) is 29.5 Å². The van der Waals surface area contributed by atoms with Crippen LogP contribution in [0.25, 0.3) is 27.0 Å². The molecule has 0 fully saturated rings. The number of ether oxygens (including phenoxy) is 1. The number of fused-ring (bicyclic) bond motifs is 1. The van der Waals surface area contributed by atoms with E-state index in [-0.39, 0.29) is 34.0 Å². The number of benzene rings is 3. The summed E-state index contributed by atoms with van der Waals surface area (Å²) < 4.78 is 7.75. The Hall–Kier alpha value is -4.57. The SMILES string of the molecule is CC(C)OC(=O)[C@H](Cc1ccc(-n2c(=O)c3cc(CN=[N+]=[N-])ccc3n(C)c2=O)cc1)NC(=O)c1c(Cl)cccc1Cl. The molecule has 0 aliphatic heterocycles. The molecule has 4 aromatic rings. The number of nitrogens with zero attached hydrogens (tertiary/aromatic N) is 5. The maximum absolute atomic E-state index is 13.4. The van der Waals surface area contributed by atoms with Gasteiger partial charge in [0.2, 0.25) is 0 Å². The van der Waals surface area contributed by atoms with Crippen molar-refractivity contribution in [1.82, 2.24) is 14.5 Å². The number of aromatic nitrogens is 2. The van der Waals surface area contributed by atoms with E-state index in [1.54, 1.807) is 69.4 Å². The first-order chi connectivity index (χ1) is 20.0. The molecule has 1 amide bonds. The van der Waals surface area contributed by atoms with Gasteiger partial charge in [0.1, 0.15) is 6.04 Å². The molecule has 0 saturated carbocycles. The summed E-state index contributed by atoms with van der Waals surface area (Å²) in [4.78, 5) is 55.2. The second kappa shape index (κ2) is 12.9. The van der Waals surface area contributed by atoms with Gasteiger partial charge < -0.3 is 10.1 Å². The van der Waals surface area contributed by atoms with Crippen molar-refractivity contribution < 1.29 is 14.3 Å². The number of hydrogen-bond acceptors (Lipinski definition) is 6. The lowest BCUT2D eigenvalue weighted by Crippen LogP contribution is -2.44. The van der Waals surface area contributed by atoms with E-state index in [0.29, 0.717) is 22.3 Å². The van der Waals surface area contributed by atoms with Crippen LogP contribution >= 0.6 is 23.2 Å². The lowest BCUT2D eigenvalue weighted by Gasteiger charge is -2.20. The number of esters is 1. The highest BCUT2D eigenvalue weighted by atomic mass is 35.5. The molecule has 0 aliphatic rings. The summed E-state index contributed by atoms with van der Waals surface area (Å²) in [6.45, 7) is 3.44. The molecule has 11 nitrogen and oxygen atoms in total. The van der Waals surface area contributed by atoms with Crippen LogP contribution in [0, 0.1) is 0 Å². The third kappa shape index (κ3) is 6.49. The van der Waals surface area contributed by atoms with E-state index in [2.05, 4.69) is 15.3 Å². The number of carbonyl (C=O) groups excluding carboxylic acids is 2. The van der Waals surface area contributed by atoms with Crippen molar-refractivity contribution in [3.8, 4) is 5.69 Å². The summed E-state index contributed by atoms with van der Waals surface area (Å²) in [5.41, 5.74) is 9.55. The van der Waals surface area contributed by atoms with Gasteiger partial charge in [0.05, 0.1) is 44.8 Å². The number of halogens is 2. The Morgan fingerprint density at radius 2 is 1.67 bits per heavy atom. The van der Waals surface area contributed by atoms with Gasteiger partial charge in [0.15, 0.2) is 0 Å². The molecule has 4 rings (SSSR count). The molecule has 1 heterocycles. The highest BCUT2D eigenvalue weighted by Gasteiger charge is 2.26. The van der Waals surface area contributed by atoms with Gasteiger partial charge in [-0.2, -0.15) is 0 Å². The zero-order valence-electron chi connectivity index (χ0n) is 22.9. The zero-order chi connectivity index (χ0) is 30.6. The molecule has 0 unspecified atom stereocenters. The van der Waals surface area contributed by atoms with E-state index >= 15 is 0 Å². The van der Waals surface area contributed by atoms with Gasteiger partial charge >= 0.3 is 11.7 Å². The molecule has 0 radical (unpaired) electrons. The summed E-state index contributed by atoms with van der Waals surface area (Å²) in [5.74, 6) is -1.29. The van der Waals surface area contributed by atoms with E-state index in [1.807, 2.05) is 0 Å². The minimum absolute atomic E-state index is 0.0348. The lowest BCUT2D eigenvalue weighted by atomic mass is 10.0. The smallest absolute Gasteiger partial charge is 0.335 e. The summed E-state index contributed by atoms with van der Waals surface area (Å²) in [5, 5.41) is 6.74. The minimum atomic E-state index is -1.08. The van der Waals surface area contributed by atoms with Crippen molar-refractivity contribution in [1.29, 1.82) is 0 Å². The minimum Gasteiger partial charge on any atom is -0.461 e. The van der Waals surface area contributed by atoms with Crippen LogP contribution in [0.5, 0.6) is 0 Å². The largest absolute Gasteiger partial charge is 0.461 e. The van der Waals surface area contributed by atoms with Crippen molar-refractivity contribution >= 4 is 46.0 Å². The Kier molecular flexibility index (Phi) is 9.37. The molecule has 1 N–H and O–H groups in total. The number of nitrogens with one attached hydrogen (secondary N) is 1. The average Bonchev–Trinajstić information content (AvgIpc) is 2.95. The molecule has 1 atom stereocenters. The predicted octanol–water partition coefficient (Wildman–Crippen LogP) is 5.10. The Morgan fingerprint density at radius 1 is 1.02 bits per heavy atom. The molecule has 3 aromatic carbocycles. The van der Waals surface area contributed by atoms with E-state index in [0.717, 1.165) is 4.57 Å². The first kappa shape index (κ1) is 30.4. The predicted molar refractivity (Wildman–Crippen MR) is 160 cm³/mol. The average molecular weight is 609 g/mol. The molecule has 0 bridgehead atoms. The van der Waals surface area contributed by atoms with Crippen LogP contribution in [-0.4, -0.2) is 33.2 Å². The molecule has 0 saturated heterocycles. The molecule has 0 aliphatic carbocycles. The lowest BCUT2D eigenvalue weighted by molar-refractivity contribution is -0.149. The topological polar surface area (TPSA) is 148 Å². The summed E-state index contributed by atoms with van der Waals surface area (Å²) in [6.07, 6.45) is -0.376. The van der Waals surface area contributed by atoms with Gasteiger partial charge in [-0.05, 0) is 66.9 Å². The third-order valence-corrected chi connectivity index (χ3v) is 7.05. The molecular formula is C29H26Cl2N6O5. The highest BCUT2D eigenvalue weighted by Crippen LogP contribution is 2.24. The first-order valence-electron chi connectivity index (χ1n) is 12.8. The van der Waals surface area contributed by atoms with Crippen LogP contribution in [0.2, 0.25) is 10.0 Å². The second-order valence-electron chi connectivity index (χ2n) is 9.70. The fourth-order valence-corrected chi connectivity index (χ4v) is 4.99. The van der Waals surface area contributed by atoms with Gasteiger partial charge in [-0.1, -0.05) is 52.6 Å². The van der Waals surface area contributed by atoms with Crippen LogP contribution in [0.3, 0.4) is 0 Å². The maximum Gasteiger partial charge on any atom is 0.335 e. The van der Waals surface area contributed by atoms with Gasteiger partial charge in [-0.3, -0.25) is 14.2 Å². The van der Waals surface area contributed by atoms with E-state index in [1.165, 1.54) is 16.7 Å². The third-order valence-electron chi connectivity index (χ3n) is 6.42.